The smallest absolute Gasteiger partial charge is 0.0244 e. The van der Waals surface area contributed by atoms with E-state index >= 15 is 0 Å². The SMILES string of the molecule is IN1C[C@@H]2CCN[C@@H]2C1. The Bertz CT molecular complexity index is 106. The van der Waals surface area contributed by atoms with E-state index in [0.29, 0.717) is 0 Å². The van der Waals surface area contributed by atoms with Crippen LogP contribution in [0.15, 0.2) is 0 Å². The van der Waals surface area contributed by atoms with Crippen molar-refractivity contribution in [3.63, 3.8) is 0 Å². The van der Waals surface area contributed by atoms with Crippen LogP contribution in [-0.4, -0.2) is 28.8 Å². The van der Waals surface area contributed by atoms with Gasteiger partial charge in [-0.3, -0.25) is 0 Å². The first-order chi connectivity index (χ1) is 4.36. The molecule has 0 radical (unpaired) electrons. The van der Waals surface area contributed by atoms with Gasteiger partial charge >= 0.3 is 0 Å². The Kier molecular flexibility index (Phi) is 1.67. The van der Waals surface area contributed by atoms with E-state index in [4.69, 9.17) is 0 Å². The van der Waals surface area contributed by atoms with Gasteiger partial charge in [0.1, 0.15) is 0 Å². The quantitative estimate of drug-likeness (QED) is 0.492. The first-order valence-corrected chi connectivity index (χ1v) is 4.47. The maximum absolute atomic E-state index is 3.50. The maximum Gasteiger partial charge on any atom is 0.0244 e. The molecule has 2 rings (SSSR count). The van der Waals surface area contributed by atoms with E-state index in [0.717, 1.165) is 12.0 Å². The van der Waals surface area contributed by atoms with Gasteiger partial charge in [-0.2, -0.15) is 0 Å². The van der Waals surface area contributed by atoms with Crippen LogP contribution in [0.5, 0.6) is 0 Å². The molecule has 0 amide bonds. The first-order valence-electron chi connectivity index (χ1n) is 3.50. The van der Waals surface area contributed by atoms with Crippen molar-refractivity contribution in [3.8, 4) is 0 Å². The highest BCUT2D eigenvalue weighted by molar-refractivity contribution is 14.1. The topological polar surface area (TPSA) is 15.3 Å². The van der Waals surface area contributed by atoms with Gasteiger partial charge in [0.2, 0.25) is 0 Å². The number of hydrogen-bond acceptors (Lipinski definition) is 2. The lowest BCUT2D eigenvalue weighted by atomic mass is 10.1. The van der Waals surface area contributed by atoms with Crippen LogP contribution < -0.4 is 5.32 Å². The summed E-state index contributed by atoms with van der Waals surface area (Å²) in [6, 6.07) is 0.821. The fraction of sp³-hybridized carbons (Fsp3) is 1.00. The van der Waals surface area contributed by atoms with Crippen molar-refractivity contribution in [2.45, 2.75) is 12.5 Å². The lowest BCUT2D eigenvalue weighted by Gasteiger charge is -2.05. The molecule has 2 heterocycles. The number of fused-ring (bicyclic) bond motifs is 1. The molecule has 3 heteroatoms. The van der Waals surface area contributed by atoms with Crippen LogP contribution in [0.4, 0.5) is 0 Å². The van der Waals surface area contributed by atoms with E-state index in [1.807, 2.05) is 0 Å². The molecule has 0 aliphatic carbocycles. The third-order valence-electron chi connectivity index (χ3n) is 2.32. The molecule has 2 atom stereocenters. The van der Waals surface area contributed by atoms with Crippen LogP contribution in [-0.2, 0) is 0 Å². The summed E-state index contributed by atoms with van der Waals surface area (Å²) in [4.78, 5) is 0. The van der Waals surface area contributed by atoms with Crippen LogP contribution in [0.2, 0.25) is 0 Å². The van der Waals surface area contributed by atoms with Crippen LogP contribution in [0, 0.1) is 5.92 Å². The second kappa shape index (κ2) is 2.36. The Balaban J connectivity index is 2.02. The van der Waals surface area contributed by atoms with E-state index in [1.54, 1.807) is 0 Å². The van der Waals surface area contributed by atoms with E-state index in [9.17, 15) is 0 Å². The standard InChI is InChI=1S/C6H11IN2/c7-9-3-5-1-2-8-6(5)4-9/h5-6,8H,1-4H2/t5-,6+/m0/s1. The molecule has 2 saturated heterocycles. The normalized spacial score (nSPS) is 43.7. The Hall–Kier alpha value is 0.650. The van der Waals surface area contributed by atoms with Crippen molar-refractivity contribution in [1.82, 2.24) is 8.43 Å². The third kappa shape index (κ3) is 1.10. The fourth-order valence-electron chi connectivity index (χ4n) is 1.80. The summed E-state index contributed by atoms with van der Waals surface area (Å²) in [7, 11) is 0. The molecule has 0 saturated carbocycles. The summed E-state index contributed by atoms with van der Waals surface area (Å²) in [6.45, 7) is 3.81. The minimum absolute atomic E-state index is 0.821. The van der Waals surface area contributed by atoms with Crippen molar-refractivity contribution < 1.29 is 0 Å². The molecule has 2 nitrogen and oxygen atoms in total. The van der Waals surface area contributed by atoms with Crippen molar-refractivity contribution >= 4 is 22.9 Å². The Labute approximate surface area is 69.5 Å². The van der Waals surface area contributed by atoms with Gasteiger partial charge in [0.15, 0.2) is 0 Å². The van der Waals surface area contributed by atoms with Crippen molar-refractivity contribution in [2.75, 3.05) is 19.6 Å². The fourth-order valence-corrected chi connectivity index (χ4v) is 2.73. The van der Waals surface area contributed by atoms with Crippen LogP contribution in [0.25, 0.3) is 0 Å². The minimum atomic E-state index is 0.821. The van der Waals surface area contributed by atoms with E-state index in [2.05, 4.69) is 31.3 Å². The highest BCUT2D eigenvalue weighted by Crippen LogP contribution is 2.26. The number of nitrogens with zero attached hydrogens (tertiary/aromatic N) is 1. The van der Waals surface area contributed by atoms with Gasteiger partial charge in [0, 0.05) is 42.0 Å². The Morgan fingerprint density at radius 2 is 2.33 bits per heavy atom. The maximum atomic E-state index is 3.50. The van der Waals surface area contributed by atoms with Crippen molar-refractivity contribution in [3.05, 3.63) is 0 Å². The van der Waals surface area contributed by atoms with Crippen LogP contribution >= 0.6 is 22.9 Å². The van der Waals surface area contributed by atoms with Gasteiger partial charge in [-0.25, -0.2) is 3.11 Å². The van der Waals surface area contributed by atoms with Crippen LogP contribution in [0.1, 0.15) is 6.42 Å². The van der Waals surface area contributed by atoms with Gasteiger partial charge in [-0.15, -0.1) is 0 Å². The molecule has 2 aliphatic rings. The second-order valence-electron chi connectivity index (χ2n) is 2.94. The predicted octanol–water partition coefficient (Wildman–Crippen LogP) is 0.630. The summed E-state index contributed by atoms with van der Waals surface area (Å²) in [5.41, 5.74) is 0. The van der Waals surface area contributed by atoms with Crippen molar-refractivity contribution in [2.24, 2.45) is 5.92 Å². The predicted molar refractivity (Wildman–Crippen MR) is 45.5 cm³/mol. The Morgan fingerprint density at radius 1 is 1.44 bits per heavy atom. The second-order valence-corrected chi connectivity index (χ2v) is 4.30. The molecule has 0 spiro atoms. The molecule has 0 aromatic carbocycles. The van der Waals surface area contributed by atoms with Gasteiger partial charge in [-0.05, 0) is 18.9 Å². The number of nitrogens with one attached hydrogen (secondary N) is 1. The Morgan fingerprint density at radius 3 is 3.11 bits per heavy atom. The average Bonchev–Trinajstić information content (AvgIpc) is 2.22. The zero-order valence-electron chi connectivity index (χ0n) is 5.31. The molecule has 0 unspecified atom stereocenters. The molecular weight excluding hydrogens is 227 g/mol. The lowest BCUT2D eigenvalue weighted by molar-refractivity contribution is 0.547. The summed E-state index contributed by atoms with van der Waals surface area (Å²) in [6.07, 6.45) is 1.39. The summed E-state index contributed by atoms with van der Waals surface area (Å²) >= 11 is 2.41. The lowest BCUT2D eigenvalue weighted by Crippen LogP contribution is -2.27. The minimum Gasteiger partial charge on any atom is -0.312 e. The highest BCUT2D eigenvalue weighted by Gasteiger charge is 2.34. The zero-order chi connectivity index (χ0) is 6.27. The van der Waals surface area contributed by atoms with E-state index < -0.39 is 0 Å². The molecule has 0 aromatic rings. The zero-order valence-corrected chi connectivity index (χ0v) is 7.47. The van der Waals surface area contributed by atoms with Crippen molar-refractivity contribution in [1.29, 1.82) is 0 Å². The molecule has 0 bridgehead atoms. The molecule has 2 aliphatic heterocycles. The molecule has 52 valence electrons. The molecule has 2 fully saturated rings. The molecule has 0 aromatic heterocycles. The summed E-state index contributed by atoms with van der Waals surface area (Å²) in [5.74, 6) is 0.960. The number of hydrogen-bond donors (Lipinski definition) is 1. The highest BCUT2D eigenvalue weighted by atomic mass is 127. The summed E-state index contributed by atoms with van der Waals surface area (Å²) < 4.78 is 2.39. The molecule has 9 heavy (non-hydrogen) atoms. The first kappa shape index (κ1) is 6.37. The largest absolute Gasteiger partial charge is 0.312 e. The number of halogens is 1. The third-order valence-corrected chi connectivity index (χ3v) is 3.11. The monoisotopic (exact) mass is 238 g/mol. The molecule has 1 N–H and O–H groups in total. The van der Waals surface area contributed by atoms with Gasteiger partial charge in [0.25, 0.3) is 0 Å². The van der Waals surface area contributed by atoms with Crippen LogP contribution in [0.3, 0.4) is 0 Å². The van der Waals surface area contributed by atoms with E-state index in [1.165, 1.54) is 26.1 Å². The van der Waals surface area contributed by atoms with E-state index in [-0.39, 0.29) is 0 Å². The summed E-state index contributed by atoms with van der Waals surface area (Å²) in [5, 5.41) is 3.50. The van der Waals surface area contributed by atoms with Gasteiger partial charge in [0.05, 0.1) is 0 Å². The van der Waals surface area contributed by atoms with Gasteiger partial charge in [-0.1, -0.05) is 0 Å². The average molecular weight is 238 g/mol. The number of rotatable bonds is 0. The molecular formula is C6H11IN2. The van der Waals surface area contributed by atoms with Gasteiger partial charge < -0.3 is 5.32 Å².